The van der Waals surface area contributed by atoms with Crippen molar-refractivity contribution in [2.75, 3.05) is 31.6 Å². The topological polar surface area (TPSA) is 84.7 Å². The van der Waals surface area contributed by atoms with Gasteiger partial charge in [-0.3, -0.25) is 14.9 Å². The van der Waals surface area contributed by atoms with Gasteiger partial charge in [0.25, 0.3) is 11.6 Å². The largest absolute Gasteiger partial charge is 0.378 e. The minimum Gasteiger partial charge on any atom is -0.378 e. The van der Waals surface area contributed by atoms with Gasteiger partial charge in [-0.05, 0) is 35.6 Å². The van der Waals surface area contributed by atoms with Crippen molar-refractivity contribution in [1.29, 1.82) is 0 Å². The summed E-state index contributed by atoms with van der Waals surface area (Å²) < 4.78 is 5.39. The number of nitrogens with one attached hydrogen (secondary N) is 1. The van der Waals surface area contributed by atoms with Gasteiger partial charge in [0, 0.05) is 25.1 Å². The Kier molecular flexibility index (Phi) is 5.16. The zero-order chi connectivity index (χ0) is 21.5. The van der Waals surface area contributed by atoms with Crippen molar-refractivity contribution in [3.05, 3.63) is 80.4 Å². The van der Waals surface area contributed by atoms with Crippen LogP contribution in [0.4, 0.5) is 11.4 Å². The van der Waals surface area contributed by atoms with E-state index in [9.17, 15) is 14.9 Å². The Bertz CT molecular complexity index is 1080. The van der Waals surface area contributed by atoms with E-state index in [1.165, 1.54) is 0 Å². The molecule has 160 valence electrons. The summed E-state index contributed by atoms with van der Waals surface area (Å²) >= 11 is 6.04. The number of anilines is 1. The van der Waals surface area contributed by atoms with Crippen LogP contribution < -0.4 is 5.32 Å². The maximum atomic E-state index is 13.3. The first kappa shape index (κ1) is 20.0. The smallest absolute Gasteiger partial charge is 0.288 e. The van der Waals surface area contributed by atoms with Gasteiger partial charge in [0.2, 0.25) is 0 Å². The number of benzene rings is 2. The van der Waals surface area contributed by atoms with Crippen molar-refractivity contribution in [2.24, 2.45) is 5.92 Å². The third kappa shape index (κ3) is 3.47. The first-order valence-corrected chi connectivity index (χ1v) is 10.8. The summed E-state index contributed by atoms with van der Waals surface area (Å²) in [6.45, 7) is 2.22. The molecular formula is C23H22ClN3O4. The van der Waals surface area contributed by atoms with Crippen LogP contribution in [-0.2, 0) is 4.74 Å². The fraction of sp³-hybridized carbons (Fsp3) is 0.348. The highest BCUT2D eigenvalue weighted by atomic mass is 35.5. The van der Waals surface area contributed by atoms with Gasteiger partial charge >= 0.3 is 0 Å². The van der Waals surface area contributed by atoms with Crippen molar-refractivity contribution in [1.82, 2.24) is 4.90 Å². The monoisotopic (exact) mass is 439 g/mol. The summed E-state index contributed by atoms with van der Waals surface area (Å²) in [7, 11) is 0. The van der Waals surface area contributed by atoms with Gasteiger partial charge in [0.05, 0.1) is 35.4 Å². The normalized spacial score (nSPS) is 24.3. The highest BCUT2D eigenvalue weighted by molar-refractivity contribution is 6.32. The number of rotatable bonds is 3. The predicted molar refractivity (Wildman–Crippen MR) is 118 cm³/mol. The van der Waals surface area contributed by atoms with E-state index < -0.39 is 4.92 Å². The molecule has 5 rings (SSSR count). The number of amides is 1. The second-order valence-corrected chi connectivity index (χ2v) is 8.53. The maximum absolute atomic E-state index is 13.3. The highest BCUT2D eigenvalue weighted by Crippen LogP contribution is 2.51. The minimum absolute atomic E-state index is 0.0195. The van der Waals surface area contributed by atoms with Crippen molar-refractivity contribution < 1.29 is 14.5 Å². The van der Waals surface area contributed by atoms with E-state index >= 15 is 0 Å². The maximum Gasteiger partial charge on any atom is 0.288 e. The summed E-state index contributed by atoms with van der Waals surface area (Å²) in [5.41, 5.74) is 3.24. The number of carbonyl (C=O) groups is 1. The standard InChI is InChI=1S/C23H22ClN3O4/c24-19-8-7-14(13-20(19)27(29)30)21-16-4-1-3-15(16)17-5-2-6-18(22(17)25-21)23(28)26-9-11-31-12-10-26/h1-3,5-8,13,15-16,21,25H,4,9-12H2. The molecule has 1 fully saturated rings. The van der Waals surface area contributed by atoms with Crippen LogP contribution in [-0.4, -0.2) is 42.0 Å². The zero-order valence-electron chi connectivity index (χ0n) is 16.8. The molecule has 0 bridgehead atoms. The number of halogens is 1. The lowest BCUT2D eigenvalue weighted by Gasteiger charge is -2.39. The molecule has 0 aromatic heterocycles. The molecule has 2 heterocycles. The first-order chi connectivity index (χ1) is 15.0. The van der Waals surface area contributed by atoms with Gasteiger partial charge in [-0.25, -0.2) is 0 Å². The molecule has 2 aromatic rings. The van der Waals surface area contributed by atoms with Crippen LogP contribution >= 0.6 is 11.6 Å². The number of ether oxygens (including phenoxy) is 1. The zero-order valence-corrected chi connectivity index (χ0v) is 17.5. The molecule has 1 amide bonds. The van der Waals surface area contributed by atoms with E-state index in [4.69, 9.17) is 16.3 Å². The molecule has 0 spiro atoms. The lowest BCUT2D eigenvalue weighted by Crippen LogP contribution is -2.41. The Hall–Kier alpha value is -2.90. The molecule has 8 heteroatoms. The van der Waals surface area contributed by atoms with Crippen LogP contribution in [0.5, 0.6) is 0 Å². The molecule has 3 aliphatic rings. The van der Waals surface area contributed by atoms with Gasteiger partial charge in [-0.1, -0.05) is 42.0 Å². The van der Waals surface area contributed by atoms with Crippen LogP contribution in [0.1, 0.15) is 39.9 Å². The molecule has 7 nitrogen and oxygen atoms in total. The van der Waals surface area contributed by atoms with E-state index in [-0.39, 0.29) is 34.5 Å². The van der Waals surface area contributed by atoms with Crippen molar-refractivity contribution in [3.63, 3.8) is 0 Å². The van der Waals surface area contributed by atoms with Gasteiger partial charge in [0.15, 0.2) is 0 Å². The molecule has 0 saturated carbocycles. The Labute approximate surface area is 184 Å². The van der Waals surface area contributed by atoms with Gasteiger partial charge in [0.1, 0.15) is 5.02 Å². The Morgan fingerprint density at radius 3 is 2.81 bits per heavy atom. The molecule has 1 saturated heterocycles. The van der Waals surface area contributed by atoms with Crippen molar-refractivity contribution in [2.45, 2.75) is 18.4 Å². The molecule has 3 unspecified atom stereocenters. The molecule has 1 aliphatic carbocycles. The molecule has 31 heavy (non-hydrogen) atoms. The summed E-state index contributed by atoms with van der Waals surface area (Å²) in [5, 5.41) is 15.1. The Morgan fingerprint density at radius 1 is 1.23 bits per heavy atom. The molecule has 2 aromatic carbocycles. The fourth-order valence-corrected chi connectivity index (χ4v) is 5.12. The number of para-hydroxylation sites is 1. The second-order valence-electron chi connectivity index (χ2n) is 8.12. The highest BCUT2D eigenvalue weighted by Gasteiger charge is 2.40. The van der Waals surface area contributed by atoms with Crippen LogP contribution in [0.2, 0.25) is 5.02 Å². The Morgan fingerprint density at radius 2 is 2.03 bits per heavy atom. The molecular weight excluding hydrogens is 418 g/mol. The van der Waals surface area contributed by atoms with Crippen LogP contribution in [0, 0.1) is 16.0 Å². The van der Waals surface area contributed by atoms with E-state index in [0.717, 1.165) is 23.2 Å². The van der Waals surface area contributed by atoms with Gasteiger partial charge in [-0.2, -0.15) is 0 Å². The lowest BCUT2D eigenvalue weighted by molar-refractivity contribution is -0.384. The quantitative estimate of drug-likeness (QED) is 0.431. The van der Waals surface area contributed by atoms with Gasteiger partial charge < -0.3 is 15.0 Å². The number of morpholine rings is 1. The SMILES string of the molecule is O=C(c1cccc2c1NC(c1ccc(Cl)c([N+](=O)[O-])c1)C1CC=CC21)N1CCOCC1. The van der Waals surface area contributed by atoms with E-state index in [1.807, 2.05) is 23.1 Å². The number of nitro groups is 1. The van der Waals surface area contributed by atoms with Crippen molar-refractivity contribution >= 4 is 28.9 Å². The van der Waals surface area contributed by atoms with E-state index in [0.29, 0.717) is 31.9 Å². The number of carbonyl (C=O) groups excluding carboxylic acids is 1. The minimum atomic E-state index is -0.458. The van der Waals surface area contributed by atoms with Crippen LogP contribution in [0.15, 0.2) is 48.6 Å². The van der Waals surface area contributed by atoms with E-state index in [2.05, 4.69) is 23.5 Å². The molecule has 1 N–H and O–H groups in total. The summed E-state index contributed by atoms with van der Waals surface area (Å²) in [6.07, 6.45) is 5.20. The Balaban J connectivity index is 1.56. The molecule has 2 aliphatic heterocycles. The summed E-state index contributed by atoms with van der Waals surface area (Å²) in [6, 6.07) is 10.6. The fourth-order valence-electron chi connectivity index (χ4n) is 4.93. The second kappa shape index (κ2) is 7.98. The lowest BCUT2D eigenvalue weighted by atomic mass is 9.76. The molecule has 3 atom stereocenters. The summed E-state index contributed by atoms with van der Waals surface area (Å²) in [4.78, 5) is 26.1. The number of nitro benzene ring substituents is 1. The third-order valence-electron chi connectivity index (χ3n) is 6.45. The number of hydrogen-bond acceptors (Lipinski definition) is 5. The van der Waals surface area contributed by atoms with Gasteiger partial charge in [-0.15, -0.1) is 0 Å². The number of hydrogen-bond donors (Lipinski definition) is 1. The number of allylic oxidation sites excluding steroid dienone is 2. The van der Waals surface area contributed by atoms with Crippen LogP contribution in [0.25, 0.3) is 0 Å². The average molecular weight is 440 g/mol. The van der Waals surface area contributed by atoms with E-state index in [1.54, 1.807) is 12.1 Å². The molecule has 0 radical (unpaired) electrons. The number of nitrogens with zero attached hydrogens (tertiary/aromatic N) is 2. The third-order valence-corrected chi connectivity index (χ3v) is 6.77. The van der Waals surface area contributed by atoms with Crippen LogP contribution in [0.3, 0.4) is 0 Å². The number of fused-ring (bicyclic) bond motifs is 3. The summed E-state index contributed by atoms with van der Waals surface area (Å²) in [5.74, 6) is 0.337. The predicted octanol–water partition coefficient (Wildman–Crippen LogP) is 4.55. The average Bonchev–Trinajstić information content (AvgIpc) is 3.29. The first-order valence-electron chi connectivity index (χ1n) is 10.4. The van der Waals surface area contributed by atoms with Crippen molar-refractivity contribution in [3.8, 4) is 0 Å².